The minimum atomic E-state index is -3.77. The van der Waals surface area contributed by atoms with Crippen LogP contribution in [0.1, 0.15) is 153 Å². The third-order valence-electron chi connectivity index (χ3n) is 16.5. The molecule has 0 bridgehead atoms. The van der Waals surface area contributed by atoms with Crippen LogP contribution >= 0.6 is 0 Å². The van der Waals surface area contributed by atoms with E-state index in [9.17, 15) is 22.3 Å². The normalized spacial score (nSPS) is 30.8. The van der Waals surface area contributed by atoms with Crippen molar-refractivity contribution in [3.05, 3.63) is 12.7 Å². The molecule has 2 aliphatic heterocycles. The SMILES string of the molecule is C=C[C@@H]1C[C@]1(NC(=O)[C@@H]1C[C@@]2(CN1C(=O)[C@@H](NC(=O)[C@@H](NC(=O)[C@@H]1CCCCN1C(C)C)C1CCCCC1)C(C)(C)C)C(C)(C)C21CCC1)C(=O)[NH][Sn](=[O])[N](CC)C(C)C. The van der Waals surface area contributed by atoms with Crippen LogP contribution in [-0.4, -0.2) is 124 Å². The number of nitrogens with zero attached hydrogens (tertiary/aromatic N) is 3. The van der Waals surface area contributed by atoms with Gasteiger partial charge in [-0.3, -0.25) is 9.69 Å². The molecule has 5 amide bonds. The molecule has 4 saturated carbocycles. The van der Waals surface area contributed by atoms with Crippen LogP contribution in [-0.2, 0) is 27.0 Å². The molecule has 7 atom stereocenters. The Morgan fingerprint density at radius 1 is 0.867 bits per heavy atom. The molecule has 0 aromatic heterocycles. The van der Waals surface area contributed by atoms with E-state index >= 15 is 4.79 Å². The summed E-state index contributed by atoms with van der Waals surface area (Å²) in [6.45, 7) is 26.1. The monoisotopic (exact) mass is 943 g/mol. The number of carbonyl (C=O) groups is 5. The van der Waals surface area contributed by atoms with E-state index in [1.54, 1.807) is 11.0 Å². The average molecular weight is 943 g/mol. The summed E-state index contributed by atoms with van der Waals surface area (Å²) < 4.78 is 18.1. The predicted molar refractivity (Wildman–Crippen MR) is 233 cm³/mol. The molecule has 6 fully saturated rings. The molecule has 6 rings (SSSR count). The molecule has 336 valence electrons. The van der Waals surface area contributed by atoms with Gasteiger partial charge >= 0.3 is 259 Å². The maximum absolute atomic E-state index is 15.3. The standard InChI is InChI=1S/C41H66N6O5.C5H12N.O.Sn/c1-9-27-22-41(27,36(42)52)45-33(49)29-23-40(38(7,8)39(40)19-15-20-39)24-47(29)35(51)31(37(4,5)6)44-34(50)30(26-16-11-10-12-17-26)43-32(48)28-18-13-14-21-46(28)25(2)3;1-4-6-5(2)3;;/h9,25-31H,1,10-24H2,2-8H3,(H5,42,43,44,45,48,49,50,52);5H,4H2,1-3H3;;/q;-1;;+2/p-1/t27-,28+,29+,30+,31-,40-,41-;;;/m1.../s1. The fourth-order valence-corrected chi connectivity index (χ4v) is 16.2. The number of hydrogen-bond donors (Lipinski definition) is 4. The van der Waals surface area contributed by atoms with Gasteiger partial charge in [0, 0.05) is 6.04 Å². The van der Waals surface area contributed by atoms with E-state index in [1.807, 2.05) is 44.7 Å². The number of carbonyl (C=O) groups excluding carboxylic acids is 5. The third kappa shape index (κ3) is 8.27. The fourth-order valence-electron chi connectivity index (χ4n) is 12.4. The molecular formula is C46H77N7O6Sn. The molecule has 0 aromatic carbocycles. The van der Waals surface area contributed by atoms with E-state index in [0.29, 0.717) is 25.9 Å². The van der Waals surface area contributed by atoms with Crippen molar-refractivity contribution in [1.29, 1.82) is 0 Å². The Kier molecular flexibility index (Phi) is 13.8. The summed E-state index contributed by atoms with van der Waals surface area (Å²) in [4.78, 5) is 76.9. The van der Waals surface area contributed by atoms with E-state index in [0.717, 1.165) is 77.2 Å². The Morgan fingerprint density at radius 2 is 1.52 bits per heavy atom. The van der Waals surface area contributed by atoms with Gasteiger partial charge in [0.1, 0.15) is 0 Å². The summed E-state index contributed by atoms with van der Waals surface area (Å²) in [5.74, 6) is -2.04. The van der Waals surface area contributed by atoms with Gasteiger partial charge in [-0.15, -0.1) is 0 Å². The average Bonchev–Trinajstić information content (AvgIpc) is 3.90. The summed E-state index contributed by atoms with van der Waals surface area (Å²) in [6.07, 6.45) is 13.1. The second-order valence-corrected chi connectivity index (χ2v) is 25.6. The van der Waals surface area contributed by atoms with Crippen molar-refractivity contribution >= 4 is 49.8 Å². The Balaban J connectivity index is 1.27. The molecule has 2 saturated heterocycles. The van der Waals surface area contributed by atoms with Gasteiger partial charge in [0.05, 0.1) is 6.04 Å². The Hall–Kier alpha value is -2.39. The second-order valence-electron chi connectivity index (χ2n) is 21.5. The van der Waals surface area contributed by atoms with Crippen LogP contribution < -0.4 is 19.5 Å². The van der Waals surface area contributed by atoms with Gasteiger partial charge in [-0.1, -0.05) is 25.7 Å². The summed E-state index contributed by atoms with van der Waals surface area (Å²) in [5.41, 5.74) is -2.40. The van der Waals surface area contributed by atoms with Crippen LogP contribution in [0.2, 0.25) is 0 Å². The van der Waals surface area contributed by atoms with Crippen LogP contribution in [0.4, 0.5) is 0 Å². The first kappa shape index (κ1) is 47.1. The van der Waals surface area contributed by atoms with Gasteiger partial charge in [0.25, 0.3) is 0 Å². The maximum atomic E-state index is 15.3. The zero-order valence-corrected chi connectivity index (χ0v) is 41.4. The van der Waals surface area contributed by atoms with E-state index in [1.165, 1.54) is 0 Å². The summed E-state index contributed by atoms with van der Waals surface area (Å²) in [7, 11) is 0. The van der Waals surface area contributed by atoms with Crippen molar-refractivity contribution < 1.29 is 27.0 Å². The fraction of sp³-hybridized carbons (Fsp3) is 0.848. The Labute approximate surface area is 367 Å². The Bertz CT molecular complexity index is 1700. The summed E-state index contributed by atoms with van der Waals surface area (Å²) in [5, 5.41) is 9.52. The number of amides is 5. The quantitative estimate of drug-likeness (QED) is 0.133. The molecule has 14 heteroatoms. The predicted octanol–water partition coefficient (Wildman–Crippen LogP) is 4.97. The number of nitrogens with one attached hydrogen (secondary N) is 4. The summed E-state index contributed by atoms with van der Waals surface area (Å²) in [6, 6.07) is -2.75. The number of hydrogen-bond acceptors (Lipinski definition) is 7. The van der Waals surface area contributed by atoms with Gasteiger partial charge in [-0.25, -0.2) is 0 Å². The number of likely N-dealkylation sites (tertiary alicyclic amines) is 2. The van der Waals surface area contributed by atoms with Crippen molar-refractivity contribution in [3.8, 4) is 0 Å². The molecule has 0 radical (unpaired) electrons. The molecule has 0 unspecified atom stereocenters. The van der Waals surface area contributed by atoms with E-state index in [-0.39, 0.29) is 63.9 Å². The first-order valence-corrected chi connectivity index (χ1v) is 27.2. The molecule has 4 aliphatic carbocycles. The number of rotatable bonds is 15. The van der Waals surface area contributed by atoms with E-state index in [2.05, 4.69) is 58.7 Å². The van der Waals surface area contributed by atoms with Crippen LogP contribution in [0, 0.1) is 33.5 Å². The van der Waals surface area contributed by atoms with Crippen LogP contribution in [0.3, 0.4) is 0 Å². The van der Waals surface area contributed by atoms with E-state index < -0.39 is 61.2 Å². The van der Waals surface area contributed by atoms with Gasteiger partial charge in [0.2, 0.25) is 5.91 Å². The molecule has 2 heterocycles. The first-order chi connectivity index (χ1) is 28.1. The van der Waals surface area contributed by atoms with Crippen LogP contribution in [0.15, 0.2) is 12.7 Å². The molecule has 60 heavy (non-hydrogen) atoms. The van der Waals surface area contributed by atoms with Crippen LogP contribution in [0.25, 0.3) is 0 Å². The summed E-state index contributed by atoms with van der Waals surface area (Å²) >= 11 is -3.77. The zero-order valence-electron chi connectivity index (χ0n) is 38.5. The molecular weight excluding hydrogens is 865 g/mol. The third-order valence-corrected chi connectivity index (χ3v) is 21.6. The topological polar surface area (TPSA) is 160 Å². The molecule has 4 N–H and O–H groups in total. The van der Waals surface area contributed by atoms with Gasteiger partial charge in [0.15, 0.2) is 0 Å². The van der Waals surface area contributed by atoms with Crippen molar-refractivity contribution in [2.75, 3.05) is 19.6 Å². The van der Waals surface area contributed by atoms with E-state index in [4.69, 9.17) is 0 Å². The molecule has 13 nitrogen and oxygen atoms in total. The van der Waals surface area contributed by atoms with Gasteiger partial charge < -0.3 is 5.32 Å². The zero-order chi connectivity index (χ0) is 44.2. The van der Waals surface area contributed by atoms with Crippen molar-refractivity contribution in [3.63, 3.8) is 0 Å². The second kappa shape index (κ2) is 17.6. The number of fused-ring (bicyclic) bond motifs is 1. The molecule has 6 aliphatic rings. The van der Waals surface area contributed by atoms with Crippen LogP contribution in [0.5, 0.6) is 0 Å². The Morgan fingerprint density at radius 3 is 2.03 bits per heavy atom. The van der Waals surface area contributed by atoms with Crippen molar-refractivity contribution in [2.45, 2.75) is 194 Å². The first-order valence-electron chi connectivity index (χ1n) is 23.4. The molecule has 2 spiro atoms. The minimum absolute atomic E-state index is 0.00490. The van der Waals surface area contributed by atoms with Crippen molar-refractivity contribution in [2.24, 2.45) is 33.5 Å². The number of piperidine rings is 1. The molecule has 0 aromatic rings. The van der Waals surface area contributed by atoms with Gasteiger partial charge in [-0.05, 0) is 52.0 Å². The van der Waals surface area contributed by atoms with Crippen molar-refractivity contribution in [1.82, 2.24) is 32.4 Å². The van der Waals surface area contributed by atoms with Gasteiger partial charge in [-0.2, -0.15) is 0 Å².